The van der Waals surface area contributed by atoms with Gasteiger partial charge in [0.2, 0.25) is 5.28 Å². The van der Waals surface area contributed by atoms with Crippen LogP contribution in [0.25, 0.3) is 11.2 Å². The minimum atomic E-state index is -0.509. The molecule has 6 nitrogen and oxygen atoms in total. The van der Waals surface area contributed by atoms with Crippen molar-refractivity contribution in [3.8, 4) is 0 Å². The van der Waals surface area contributed by atoms with Crippen molar-refractivity contribution >= 4 is 34.5 Å². The van der Waals surface area contributed by atoms with E-state index in [1.807, 2.05) is 23.9 Å². The van der Waals surface area contributed by atoms with E-state index in [9.17, 15) is 9.59 Å². The van der Waals surface area contributed by atoms with Crippen LogP contribution in [0.3, 0.4) is 0 Å². The van der Waals surface area contributed by atoms with Crippen LogP contribution in [-0.4, -0.2) is 24.4 Å². The second kappa shape index (κ2) is 7.09. The molecule has 0 spiro atoms. The Morgan fingerprint density at radius 3 is 2.60 bits per heavy atom. The fraction of sp³-hybridized carbons (Fsp3) is 0.353. The van der Waals surface area contributed by atoms with E-state index in [0.29, 0.717) is 17.3 Å². The number of nitrogens with zero attached hydrogens (tertiary/aromatic N) is 3. The lowest BCUT2D eigenvalue weighted by molar-refractivity contribution is 0.806. The first-order chi connectivity index (χ1) is 11.9. The molecule has 8 heteroatoms. The molecule has 0 saturated carbocycles. The molecule has 1 N–H and O–H groups in total. The normalized spacial score (nSPS) is 12.6. The molecule has 1 aromatic carbocycles. The van der Waals surface area contributed by atoms with Gasteiger partial charge in [-0.2, -0.15) is 4.98 Å². The molecule has 0 radical (unpaired) electrons. The number of aromatic nitrogens is 4. The minimum Gasteiger partial charge on any atom is -0.304 e. The zero-order chi connectivity index (χ0) is 18.1. The van der Waals surface area contributed by atoms with E-state index in [-0.39, 0.29) is 10.9 Å². The summed E-state index contributed by atoms with van der Waals surface area (Å²) in [5.74, 6) is 0. The Balaban J connectivity index is 1.96. The molecular weight excluding hydrogens is 360 g/mol. The summed E-state index contributed by atoms with van der Waals surface area (Å²) < 4.78 is 2.90. The SMILES string of the molecule is CCC(C)Sc1ccc(Cn2c(Cl)nc3c2c(=O)[nH]c(=O)n3C)cc1. The first-order valence-electron chi connectivity index (χ1n) is 8.01. The Kier molecular flexibility index (Phi) is 5.06. The summed E-state index contributed by atoms with van der Waals surface area (Å²) in [4.78, 5) is 31.5. The predicted molar refractivity (Wildman–Crippen MR) is 102 cm³/mol. The van der Waals surface area contributed by atoms with Gasteiger partial charge in [-0.15, -0.1) is 11.8 Å². The maximum absolute atomic E-state index is 12.2. The highest BCUT2D eigenvalue weighted by Crippen LogP contribution is 2.25. The number of thioether (sulfide) groups is 1. The zero-order valence-corrected chi connectivity index (χ0v) is 15.8. The van der Waals surface area contributed by atoms with Crippen LogP contribution in [0.15, 0.2) is 38.8 Å². The molecule has 2 aromatic heterocycles. The second-order valence-electron chi connectivity index (χ2n) is 5.94. The summed E-state index contributed by atoms with van der Waals surface area (Å²) in [6.07, 6.45) is 1.12. The van der Waals surface area contributed by atoms with Crippen LogP contribution in [0, 0.1) is 0 Å². The fourth-order valence-electron chi connectivity index (χ4n) is 2.52. The molecule has 0 fully saturated rings. The van der Waals surface area contributed by atoms with Crippen LogP contribution in [0.4, 0.5) is 0 Å². The van der Waals surface area contributed by atoms with Gasteiger partial charge in [0.15, 0.2) is 11.2 Å². The average molecular weight is 379 g/mol. The second-order valence-corrected chi connectivity index (χ2v) is 7.79. The van der Waals surface area contributed by atoms with E-state index in [0.717, 1.165) is 12.0 Å². The fourth-order valence-corrected chi connectivity index (χ4v) is 3.67. The van der Waals surface area contributed by atoms with E-state index in [1.165, 1.54) is 9.46 Å². The lowest BCUT2D eigenvalue weighted by Gasteiger charge is -2.10. The maximum Gasteiger partial charge on any atom is 0.329 e. The van der Waals surface area contributed by atoms with E-state index < -0.39 is 11.2 Å². The van der Waals surface area contributed by atoms with Crippen molar-refractivity contribution in [1.29, 1.82) is 0 Å². The molecule has 0 amide bonds. The van der Waals surface area contributed by atoms with Crippen LogP contribution >= 0.6 is 23.4 Å². The lowest BCUT2D eigenvalue weighted by atomic mass is 10.2. The third kappa shape index (κ3) is 3.52. The highest BCUT2D eigenvalue weighted by atomic mass is 35.5. The summed E-state index contributed by atoms with van der Waals surface area (Å²) in [7, 11) is 1.55. The Bertz CT molecular complexity index is 1020. The summed E-state index contributed by atoms with van der Waals surface area (Å²) in [6.45, 7) is 4.78. The molecule has 25 heavy (non-hydrogen) atoms. The number of aromatic amines is 1. The monoisotopic (exact) mass is 378 g/mol. The van der Waals surface area contributed by atoms with E-state index in [4.69, 9.17) is 11.6 Å². The topological polar surface area (TPSA) is 72.7 Å². The molecule has 2 heterocycles. The highest BCUT2D eigenvalue weighted by Gasteiger charge is 2.16. The van der Waals surface area contributed by atoms with Crippen molar-refractivity contribution in [2.75, 3.05) is 0 Å². The van der Waals surface area contributed by atoms with Crippen LogP contribution in [0.2, 0.25) is 5.28 Å². The first-order valence-corrected chi connectivity index (χ1v) is 9.27. The predicted octanol–water partition coefficient (Wildman–Crippen LogP) is 3.02. The number of aryl methyl sites for hydroxylation is 1. The van der Waals surface area contributed by atoms with Gasteiger partial charge in [0.1, 0.15) is 0 Å². The van der Waals surface area contributed by atoms with Gasteiger partial charge in [-0.3, -0.25) is 14.3 Å². The van der Waals surface area contributed by atoms with Gasteiger partial charge in [-0.25, -0.2) is 4.79 Å². The number of rotatable bonds is 5. The van der Waals surface area contributed by atoms with Gasteiger partial charge >= 0.3 is 5.69 Å². The Morgan fingerprint density at radius 2 is 1.96 bits per heavy atom. The quantitative estimate of drug-likeness (QED) is 0.547. The van der Waals surface area contributed by atoms with Gasteiger partial charge < -0.3 is 4.57 Å². The first kappa shape index (κ1) is 17.8. The van der Waals surface area contributed by atoms with Crippen molar-refractivity contribution in [1.82, 2.24) is 19.1 Å². The zero-order valence-electron chi connectivity index (χ0n) is 14.2. The Labute approximate surface area is 153 Å². The Hall–Kier alpha value is -1.99. The summed E-state index contributed by atoms with van der Waals surface area (Å²) in [6, 6.07) is 8.17. The number of fused-ring (bicyclic) bond motifs is 1. The number of benzene rings is 1. The number of hydrogen-bond donors (Lipinski definition) is 1. The molecule has 0 saturated heterocycles. The van der Waals surface area contributed by atoms with Gasteiger partial charge in [-0.1, -0.05) is 26.0 Å². The van der Waals surface area contributed by atoms with E-state index in [1.54, 1.807) is 11.6 Å². The molecule has 0 aliphatic rings. The standard InChI is InChI=1S/C17H19ClN4O2S/c1-4-10(2)25-12-7-5-11(6-8-12)9-22-13-14(19-16(22)18)21(3)17(24)20-15(13)23/h5-8,10H,4,9H2,1-3H3,(H,20,23,24). The van der Waals surface area contributed by atoms with Crippen LogP contribution in [0.5, 0.6) is 0 Å². The number of hydrogen-bond acceptors (Lipinski definition) is 4. The third-order valence-corrected chi connectivity index (χ3v) is 5.71. The van der Waals surface area contributed by atoms with Crippen molar-refractivity contribution in [2.45, 2.75) is 37.0 Å². The summed E-state index contributed by atoms with van der Waals surface area (Å²) >= 11 is 8.05. The molecule has 3 rings (SSSR count). The summed E-state index contributed by atoms with van der Waals surface area (Å²) in [5.41, 5.74) is 0.586. The van der Waals surface area contributed by atoms with Gasteiger partial charge in [0.05, 0.1) is 6.54 Å². The molecule has 0 bridgehead atoms. The highest BCUT2D eigenvalue weighted by molar-refractivity contribution is 7.99. The van der Waals surface area contributed by atoms with Crippen molar-refractivity contribution in [3.63, 3.8) is 0 Å². The van der Waals surface area contributed by atoms with E-state index in [2.05, 4.69) is 35.9 Å². The molecule has 132 valence electrons. The molecule has 0 aliphatic carbocycles. The van der Waals surface area contributed by atoms with Gasteiger partial charge in [0, 0.05) is 17.2 Å². The van der Waals surface area contributed by atoms with Crippen LogP contribution in [-0.2, 0) is 13.6 Å². The van der Waals surface area contributed by atoms with Crippen molar-refractivity contribution in [3.05, 3.63) is 56.0 Å². The number of nitrogens with one attached hydrogen (secondary N) is 1. The van der Waals surface area contributed by atoms with Crippen LogP contribution < -0.4 is 11.2 Å². The lowest BCUT2D eigenvalue weighted by Crippen LogP contribution is -2.29. The number of H-pyrrole nitrogens is 1. The number of imidazole rings is 1. The largest absolute Gasteiger partial charge is 0.329 e. The van der Waals surface area contributed by atoms with Gasteiger partial charge in [0.25, 0.3) is 5.56 Å². The molecule has 3 aromatic rings. The molecule has 1 unspecified atom stereocenters. The third-order valence-electron chi connectivity index (χ3n) is 4.14. The van der Waals surface area contributed by atoms with Crippen molar-refractivity contribution < 1.29 is 0 Å². The van der Waals surface area contributed by atoms with Crippen molar-refractivity contribution in [2.24, 2.45) is 7.05 Å². The smallest absolute Gasteiger partial charge is 0.304 e. The molecule has 1 atom stereocenters. The molecular formula is C17H19ClN4O2S. The van der Waals surface area contributed by atoms with Crippen LogP contribution in [0.1, 0.15) is 25.8 Å². The van der Waals surface area contributed by atoms with Gasteiger partial charge in [-0.05, 0) is 35.7 Å². The summed E-state index contributed by atoms with van der Waals surface area (Å²) in [5, 5.41) is 0.748. The maximum atomic E-state index is 12.2. The van der Waals surface area contributed by atoms with E-state index >= 15 is 0 Å². The number of halogens is 1. The minimum absolute atomic E-state index is 0.180. The Morgan fingerprint density at radius 1 is 1.28 bits per heavy atom. The molecule has 0 aliphatic heterocycles. The average Bonchev–Trinajstić information content (AvgIpc) is 2.91.